The zero-order valence-electron chi connectivity index (χ0n) is 12.0. The SMILES string of the molecule is CCCn1cc[n+](C)c1.NCCCC[C@H](N)C(=O)O. The van der Waals surface area contributed by atoms with Crippen LogP contribution in [0.25, 0.3) is 0 Å². The number of aryl methyl sites for hydroxylation is 2. The molecule has 1 aromatic heterocycles. The van der Waals surface area contributed by atoms with E-state index in [4.69, 9.17) is 16.6 Å². The van der Waals surface area contributed by atoms with Gasteiger partial charge in [-0.3, -0.25) is 4.79 Å². The molecule has 0 saturated heterocycles. The van der Waals surface area contributed by atoms with Crippen LogP contribution in [0.1, 0.15) is 32.6 Å². The van der Waals surface area contributed by atoms with E-state index in [0.29, 0.717) is 13.0 Å². The summed E-state index contributed by atoms with van der Waals surface area (Å²) in [6.07, 6.45) is 9.59. The first kappa shape index (κ1) is 17.6. The maximum absolute atomic E-state index is 10.1. The third-order valence-electron chi connectivity index (χ3n) is 2.59. The molecule has 0 aromatic carbocycles. The Morgan fingerprint density at radius 2 is 2.16 bits per heavy atom. The maximum Gasteiger partial charge on any atom is 0.320 e. The number of nitrogens with two attached hydrogens (primary N) is 2. The minimum Gasteiger partial charge on any atom is -0.480 e. The minimum atomic E-state index is -0.933. The van der Waals surface area contributed by atoms with Crippen molar-refractivity contribution in [2.24, 2.45) is 18.5 Å². The molecule has 0 spiro atoms. The third kappa shape index (κ3) is 9.21. The predicted molar refractivity (Wildman–Crippen MR) is 74.4 cm³/mol. The summed E-state index contributed by atoms with van der Waals surface area (Å²) >= 11 is 0. The van der Waals surface area contributed by atoms with Crippen LogP contribution >= 0.6 is 0 Å². The summed E-state index contributed by atoms with van der Waals surface area (Å²) in [6.45, 7) is 3.91. The summed E-state index contributed by atoms with van der Waals surface area (Å²) in [7, 11) is 2.03. The van der Waals surface area contributed by atoms with Crippen LogP contribution in [-0.4, -0.2) is 28.2 Å². The molecule has 0 bridgehead atoms. The fourth-order valence-corrected chi connectivity index (χ4v) is 1.52. The van der Waals surface area contributed by atoms with E-state index in [0.717, 1.165) is 19.4 Å². The van der Waals surface area contributed by atoms with Gasteiger partial charge in [0, 0.05) is 0 Å². The van der Waals surface area contributed by atoms with Crippen LogP contribution < -0.4 is 16.0 Å². The molecule has 1 atom stereocenters. The van der Waals surface area contributed by atoms with E-state index in [-0.39, 0.29) is 0 Å². The van der Waals surface area contributed by atoms with Gasteiger partial charge >= 0.3 is 5.97 Å². The third-order valence-corrected chi connectivity index (χ3v) is 2.59. The number of carboxylic acid groups (broad SMARTS) is 1. The molecule has 0 aliphatic rings. The Hall–Kier alpha value is -1.40. The molecule has 6 nitrogen and oxygen atoms in total. The lowest BCUT2D eigenvalue weighted by Crippen LogP contribution is -2.29. The first-order chi connectivity index (χ1) is 9.01. The Morgan fingerprint density at radius 3 is 2.58 bits per heavy atom. The van der Waals surface area contributed by atoms with Crippen molar-refractivity contribution in [3.63, 3.8) is 0 Å². The van der Waals surface area contributed by atoms with E-state index in [1.807, 2.05) is 7.05 Å². The number of aromatic nitrogens is 2. The number of unbranched alkanes of at least 4 members (excludes halogenated alkanes) is 1. The molecule has 6 heteroatoms. The molecule has 1 rings (SSSR count). The summed E-state index contributed by atoms with van der Waals surface area (Å²) < 4.78 is 4.23. The lowest BCUT2D eigenvalue weighted by Gasteiger charge is -2.03. The van der Waals surface area contributed by atoms with Crippen molar-refractivity contribution < 1.29 is 14.5 Å². The number of hydrogen-bond acceptors (Lipinski definition) is 3. The van der Waals surface area contributed by atoms with Crippen molar-refractivity contribution in [2.45, 2.75) is 45.2 Å². The van der Waals surface area contributed by atoms with Gasteiger partial charge in [0.2, 0.25) is 6.33 Å². The van der Waals surface area contributed by atoms with E-state index in [2.05, 4.69) is 34.8 Å². The Balaban J connectivity index is 0.000000342. The molecule has 0 unspecified atom stereocenters. The standard InChI is InChI=1S/C7H13N2.C6H14N2O2/c1-3-4-9-6-5-8(2)7-9;7-4-2-1-3-5(8)6(9)10/h5-7H,3-4H2,1-2H3;5H,1-4,7-8H2,(H,9,10)/q+1;/t;5-/m.0/s1. The smallest absolute Gasteiger partial charge is 0.320 e. The zero-order valence-corrected chi connectivity index (χ0v) is 12.0. The van der Waals surface area contributed by atoms with Gasteiger partial charge in [-0.25, -0.2) is 9.13 Å². The quantitative estimate of drug-likeness (QED) is 0.489. The molecular formula is C13H27N4O2+. The van der Waals surface area contributed by atoms with Crippen LogP contribution in [0, 0.1) is 0 Å². The maximum atomic E-state index is 10.1. The first-order valence-electron chi connectivity index (χ1n) is 6.70. The Kier molecular flexibility index (Phi) is 9.74. The number of aliphatic carboxylic acids is 1. The molecule has 0 amide bonds. The van der Waals surface area contributed by atoms with Crippen molar-refractivity contribution in [3.05, 3.63) is 18.7 Å². The van der Waals surface area contributed by atoms with Gasteiger partial charge in [-0.05, 0) is 25.8 Å². The zero-order chi connectivity index (χ0) is 14.7. The fourth-order valence-electron chi connectivity index (χ4n) is 1.52. The highest BCUT2D eigenvalue weighted by Crippen LogP contribution is 1.96. The summed E-state index contributed by atoms with van der Waals surface area (Å²) in [5.74, 6) is -0.933. The lowest BCUT2D eigenvalue weighted by atomic mass is 10.1. The normalized spacial score (nSPS) is 11.6. The van der Waals surface area contributed by atoms with E-state index in [1.54, 1.807) is 0 Å². The Labute approximate surface area is 115 Å². The van der Waals surface area contributed by atoms with Crippen molar-refractivity contribution in [1.29, 1.82) is 0 Å². The van der Waals surface area contributed by atoms with Crippen LogP contribution in [0.3, 0.4) is 0 Å². The van der Waals surface area contributed by atoms with Gasteiger partial charge in [-0.1, -0.05) is 13.3 Å². The molecular weight excluding hydrogens is 244 g/mol. The predicted octanol–water partition coefficient (Wildman–Crippen LogP) is 0.250. The fraction of sp³-hybridized carbons (Fsp3) is 0.692. The van der Waals surface area contributed by atoms with Gasteiger partial charge in [0.25, 0.3) is 0 Å². The van der Waals surface area contributed by atoms with Crippen LogP contribution in [0.2, 0.25) is 0 Å². The summed E-state index contributed by atoms with van der Waals surface area (Å²) in [5, 5.41) is 8.33. The summed E-state index contributed by atoms with van der Waals surface area (Å²) in [5.41, 5.74) is 10.4. The van der Waals surface area contributed by atoms with Crippen LogP contribution in [-0.2, 0) is 18.4 Å². The highest BCUT2D eigenvalue weighted by atomic mass is 16.4. The molecule has 0 aliphatic heterocycles. The number of carboxylic acids is 1. The second kappa shape index (κ2) is 10.5. The topological polar surface area (TPSA) is 98.1 Å². The highest BCUT2D eigenvalue weighted by molar-refractivity contribution is 5.72. The highest BCUT2D eigenvalue weighted by Gasteiger charge is 2.09. The number of carbonyl (C=O) groups is 1. The number of hydrogen-bond donors (Lipinski definition) is 3. The average Bonchev–Trinajstić information content (AvgIpc) is 2.76. The average molecular weight is 271 g/mol. The van der Waals surface area contributed by atoms with Crippen LogP contribution in [0.5, 0.6) is 0 Å². The minimum absolute atomic E-state index is 0.520. The Bertz CT molecular complexity index is 352. The molecule has 0 fully saturated rings. The molecule has 0 saturated carbocycles. The van der Waals surface area contributed by atoms with Gasteiger partial charge in [-0.2, -0.15) is 0 Å². The second-order valence-corrected chi connectivity index (χ2v) is 4.55. The number of rotatable bonds is 7. The molecule has 0 radical (unpaired) electrons. The van der Waals surface area contributed by atoms with Gasteiger partial charge in [0.15, 0.2) is 0 Å². The molecule has 1 heterocycles. The summed E-state index contributed by atoms with van der Waals surface area (Å²) in [6, 6.07) is -0.716. The van der Waals surface area contributed by atoms with Gasteiger partial charge < -0.3 is 16.6 Å². The monoisotopic (exact) mass is 271 g/mol. The van der Waals surface area contributed by atoms with Crippen molar-refractivity contribution in [3.8, 4) is 0 Å². The van der Waals surface area contributed by atoms with Crippen LogP contribution in [0.4, 0.5) is 0 Å². The van der Waals surface area contributed by atoms with Crippen molar-refractivity contribution in [2.75, 3.05) is 6.54 Å². The molecule has 1 aromatic rings. The van der Waals surface area contributed by atoms with E-state index < -0.39 is 12.0 Å². The van der Waals surface area contributed by atoms with Crippen molar-refractivity contribution >= 4 is 5.97 Å². The van der Waals surface area contributed by atoms with E-state index >= 15 is 0 Å². The first-order valence-corrected chi connectivity index (χ1v) is 6.70. The van der Waals surface area contributed by atoms with Gasteiger partial charge in [0.05, 0.1) is 13.6 Å². The van der Waals surface area contributed by atoms with Crippen LogP contribution in [0.15, 0.2) is 18.7 Å². The summed E-state index contributed by atoms with van der Waals surface area (Å²) in [4.78, 5) is 10.1. The van der Waals surface area contributed by atoms with Gasteiger partial charge in [0.1, 0.15) is 18.4 Å². The van der Waals surface area contributed by atoms with Crippen molar-refractivity contribution in [1.82, 2.24) is 4.57 Å². The van der Waals surface area contributed by atoms with E-state index in [1.165, 1.54) is 6.42 Å². The second-order valence-electron chi connectivity index (χ2n) is 4.55. The lowest BCUT2D eigenvalue weighted by molar-refractivity contribution is -0.671. The molecule has 19 heavy (non-hydrogen) atoms. The number of imidazole rings is 1. The molecule has 0 aliphatic carbocycles. The molecule has 110 valence electrons. The van der Waals surface area contributed by atoms with E-state index in [9.17, 15) is 4.79 Å². The Morgan fingerprint density at radius 1 is 1.47 bits per heavy atom. The molecule has 5 N–H and O–H groups in total. The largest absolute Gasteiger partial charge is 0.480 e. The number of nitrogens with zero attached hydrogens (tertiary/aromatic N) is 2. The van der Waals surface area contributed by atoms with Gasteiger partial charge in [-0.15, -0.1) is 0 Å².